The van der Waals surface area contributed by atoms with Gasteiger partial charge in [-0.25, -0.2) is 13.4 Å². The molecule has 1 atom stereocenters. The number of sulfone groups is 1. The third-order valence-corrected chi connectivity index (χ3v) is 6.19. The van der Waals surface area contributed by atoms with Crippen LogP contribution in [0.25, 0.3) is 11.1 Å². The molecule has 0 saturated carbocycles. The molecule has 31 heavy (non-hydrogen) atoms. The average Bonchev–Trinajstić information content (AvgIpc) is 2.77. The molecular weight excluding hydrogens is 416 g/mol. The lowest BCUT2D eigenvalue weighted by molar-refractivity contribution is 0.0915. The van der Waals surface area contributed by atoms with Gasteiger partial charge < -0.3 is 15.2 Å². The van der Waals surface area contributed by atoms with Crippen LogP contribution in [-0.4, -0.2) is 44.4 Å². The molecule has 1 aromatic heterocycles. The molecule has 3 aromatic rings. The van der Waals surface area contributed by atoms with Crippen molar-refractivity contribution in [3.8, 4) is 17.0 Å². The summed E-state index contributed by atoms with van der Waals surface area (Å²) < 4.78 is 29.8. The quantitative estimate of drug-likeness (QED) is 0.585. The molecule has 0 aliphatic carbocycles. The zero-order valence-electron chi connectivity index (χ0n) is 17.5. The highest BCUT2D eigenvalue weighted by atomic mass is 32.2. The fraction of sp³-hybridized carbons (Fsp3) is 0.217. The molecule has 0 bridgehead atoms. The number of aromatic nitrogens is 1. The molecule has 1 unspecified atom stereocenters. The molecular formula is C23H24N2O5S. The Kier molecular flexibility index (Phi) is 6.72. The maximum atomic E-state index is 13.1. The van der Waals surface area contributed by atoms with Crippen LogP contribution in [0, 0.1) is 6.92 Å². The zero-order valence-corrected chi connectivity index (χ0v) is 18.3. The number of aliphatic hydroxyl groups is 1. The van der Waals surface area contributed by atoms with E-state index in [-0.39, 0.29) is 17.1 Å². The summed E-state index contributed by atoms with van der Waals surface area (Å²) in [6.45, 7) is 1.25. The van der Waals surface area contributed by atoms with Crippen LogP contribution in [0.2, 0.25) is 0 Å². The third kappa shape index (κ3) is 5.10. The molecule has 1 heterocycles. The predicted octanol–water partition coefficient (Wildman–Crippen LogP) is 2.93. The van der Waals surface area contributed by atoms with Crippen LogP contribution in [0.3, 0.4) is 0 Å². The second-order valence-electron chi connectivity index (χ2n) is 7.13. The molecule has 0 radical (unpaired) electrons. The first-order chi connectivity index (χ1) is 14.7. The fourth-order valence-corrected chi connectivity index (χ4v) is 4.30. The maximum Gasteiger partial charge on any atom is 0.252 e. The monoisotopic (exact) mass is 440 g/mol. The van der Waals surface area contributed by atoms with Gasteiger partial charge in [-0.2, -0.15) is 0 Å². The Labute approximate surface area is 181 Å². The number of methoxy groups -OCH3 is 1. The minimum absolute atomic E-state index is 0.0886. The van der Waals surface area contributed by atoms with E-state index in [0.717, 1.165) is 11.8 Å². The van der Waals surface area contributed by atoms with Gasteiger partial charge in [0.1, 0.15) is 0 Å². The summed E-state index contributed by atoms with van der Waals surface area (Å²) in [5.74, 6) is -0.0778. The van der Waals surface area contributed by atoms with E-state index in [1.807, 2.05) is 30.3 Å². The summed E-state index contributed by atoms with van der Waals surface area (Å²) >= 11 is 0. The minimum Gasteiger partial charge on any atom is -0.481 e. The molecule has 162 valence electrons. The molecule has 3 rings (SSSR count). The van der Waals surface area contributed by atoms with Crippen molar-refractivity contribution in [2.24, 2.45) is 0 Å². The Morgan fingerprint density at radius 3 is 2.39 bits per heavy atom. The van der Waals surface area contributed by atoms with Crippen molar-refractivity contribution in [1.29, 1.82) is 0 Å². The van der Waals surface area contributed by atoms with E-state index in [1.165, 1.54) is 13.3 Å². The van der Waals surface area contributed by atoms with Crippen LogP contribution in [-0.2, 0) is 9.84 Å². The third-order valence-electron chi connectivity index (χ3n) is 4.97. The smallest absolute Gasteiger partial charge is 0.252 e. The first kappa shape index (κ1) is 22.5. The summed E-state index contributed by atoms with van der Waals surface area (Å²) in [6.07, 6.45) is 2.63. The van der Waals surface area contributed by atoms with Crippen LogP contribution in [0.1, 0.15) is 27.5 Å². The van der Waals surface area contributed by atoms with Crippen molar-refractivity contribution >= 4 is 15.7 Å². The molecule has 0 aliphatic rings. The molecule has 0 spiro atoms. The summed E-state index contributed by atoms with van der Waals surface area (Å²) in [4.78, 5) is 17.3. The van der Waals surface area contributed by atoms with Crippen LogP contribution < -0.4 is 10.1 Å². The number of aliphatic hydroxyl groups excluding tert-OH is 1. The van der Waals surface area contributed by atoms with Gasteiger partial charge in [-0.05, 0) is 47.4 Å². The van der Waals surface area contributed by atoms with Crippen molar-refractivity contribution in [3.05, 3.63) is 77.5 Å². The van der Waals surface area contributed by atoms with Gasteiger partial charge in [0.25, 0.3) is 5.91 Å². The highest BCUT2D eigenvalue weighted by Gasteiger charge is 2.22. The second kappa shape index (κ2) is 9.28. The van der Waals surface area contributed by atoms with E-state index in [1.54, 1.807) is 31.2 Å². The Bertz CT molecular complexity index is 1180. The number of pyridine rings is 1. The van der Waals surface area contributed by atoms with Crippen molar-refractivity contribution < 1.29 is 23.1 Å². The van der Waals surface area contributed by atoms with Crippen molar-refractivity contribution in [2.45, 2.75) is 17.9 Å². The van der Waals surface area contributed by atoms with Gasteiger partial charge >= 0.3 is 0 Å². The number of amides is 1. The Balaban J connectivity index is 2.02. The highest BCUT2D eigenvalue weighted by molar-refractivity contribution is 7.90. The number of carbonyl (C=O) groups is 1. The summed E-state index contributed by atoms with van der Waals surface area (Å²) in [5, 5.41) is 12.6. The number of hydrogen-bond donors (Lipinski definition) is 2. The van der Waals surface area contributed by atoms with E-state index < -0.39 is 21.8 Å². The molecule has 0 aliphatic heterocycles. The first-order valence-corrected chi connectivity index (χ1v) is 11.5. The largest absolute Gasteiger partial charge is 0.481 e. The van der Waals surface area contributed by atoms with E-state index in [9.17, 15) is 18.3 Å². The molecule has 1 amide bonds. The van der Waals surface area contributed by atoms with Crippen LogP contribution >= 0.6 is 0 Å². The highest BCUT2D eigenvalue weighted by Crippen LogP contribution is 2.29. The van der Waals surface area contributed by atoms with Gasteiger partial charge in [-0.1, -0.05) is 30.3 Å². The predicted molar refractivity (Wildman–Crippen MR) is 118 cm³/mol. The van der Waals surface area contributed by atoms with E-state index in [2.05, 4.69) is 10.3 Å². The Hall–Kier alpha value is -3.23. The number of rotatable bonds is 7. The standard InChI is InChI=1S/C23H24N2O5S/c1-15-19(23(27)25-20(14-26)17-9-10-22(30-2)24-13-17)11-18(12-21(15)31(3,28)29)16-7-5-4-6-8-16/h4-13,20,26H,14H2,1-3H3,(H,25,27). The molecule has 8 heteroatoms. The maximum absolute atomic E-state index is 13.1. The van der Waals surface area contributed by atoms with Gasteiger partial charge in [0.15, 0.2) is 9.84 Å². The van der Waals surface area contributed by atoms with Crippen LogP contribution in [0.15, 0.2) is 65.7 Å². The van der Waals surface area contributed by atoms with Gasteiger partial charge in [-0.3, -0.25) is 4.79 Å². The molecule has 0 saturated heterocycles. The van der Waals surface area contributed by atoms with Crippen LogP contribution in [0.4, 0.5) is 0 Å². The lowest BCUT2D eigenvalue weighted by Gasteiger charge is -2.19. The Morgan fingerprint density at radius 2 is 1.84 bits per heavy atom. The summed E-state index contributed by atoms with van der Waals surface area (Å²) in [6, 6.07) is 15.1. The van der Waals surface area contributed by atoms with Crippen molar-refractivity contribution in [1.82, 2.24) is 10.3 Å². The number of hydrogen-bond acceptors (Lipinski definition) is 6. The molecule has 7 nitrogen and oxygen atoms in total. The van der Waals surface area contributed by atoms with Crippen molar-refractivity contribution in [3.63, 3.8) is 0 Å². The van der Waals surface area contributed by atoms with Crippen molar-refractivity contribution in [2.75, 3.05) is 20.0 Å². The summed E-state index contributed by atoms with van der Waals surface area (Å²) in [5.41, 5.74) is 2.57. The number of nitrogens with zero attached hydrogens (tertiary/aromatic N) is 1. The molecule has 0 fully saturated rings. The Morgan fingerprint density at radius 1 is 1.13 bits per heavy atom. The van der Waals surface area contributed by atoms with Crippen LogP contribution in [0.5, 0.6) is 5.88 Å². The van der Waals surface area contributed by atoms with Gasteiger partial charge in [0, 0.05) is 24.1 Å². The van der Waals surface area contributed by atoms with E-state index >= 15 is 0 Å². The number of nitrogens with one attached hydrogen (secondary N) is 1. The lowest BCUT2D eigenvalue weighted by atomic mass is 9.98. The van der Waals surface area contributed by atoms with Gasteiger partial charge in [0.2, 0.25) is 5.88 Å². The minimum atomic E-state index is -3.57. The lowest BCUT2D eigenvalue weighted by Crippen LogP contribution is -2.31. The second-order valence-corrected chi connectivity index (χ2v) is 9.11. The number of benzene rings is 2. The van der Waals surface area contributed by atoms with Gasteiger partial charge in [0.05, 0.1) is 24.7 Å². The number of ether oxygens (including phenoxy) is 1. The van der Waals surface area contributed by atoms with E-state index in [0.29, 0.717) is 22.6 Å². The average molecular weight is 441 g/mol. The SMILES string of the molecule is COc1ccc(C(CO)NC(=O)c2cc(-c3ccccc3)cc(S(C)(=O)=O)c2C)cn1. The topological polar surface area (TPSA) is 106 Å². The number of carbonyl (C=O) groups excluding carboxylic acids is 1. The molecule has 2 N–H and O–H groups in total. The van der Waals surface area contributed by atoms with E-state index in [4.69, 9.17) is 4.74 Å². The van der Waals surface area contributed by atoms with Gasteiger partial charge in [-0.15, -0.1) is 0 Å². The zero-order chi connectivity index (χ0) is 22.6. The first-order valence-electron chi connectivity index (χ1n) is 9.56. The normalized spacial score (nSPS) is 12.3. The molecule has 2 aromatic carbocycles. The fourth-order valence-electron chi connectivity index (χ4n) is 3.29. The summed E-state index contributed by atoms with van der Waals surface area (Å²) in [7, 11) is -2.07.